The van der Waals surface area contributed by atoms with Crippen molar-refractivity contribution in [2.75, 3.05) is 13.1 Å². The molecule has 1 atom stereocenters. The zero-order valence-electron chi connectivity index (χ0n) is 11.5. The highest BCUT2D eigenvalue weighted by molar-refractivity contribution is 5.83. The fourth-order valence-electron chi connectivity index (χ4n) is 3.04. The van der Waals surface area contributed by atoms with Crippen molar-refractivity contribution in [2.45, 2.75) is 25.3 Å². The van der Waals surface area contributed by atoms with Gasteiger partial charge in [-0.15, -0.1) is 0 Å². The molecule has 0 radical (unpaired) electrons. The number of benzene rings is 2. The highest BCUT2D eigenvalue weighted by Gasteiger charge is 2.29. The minimum absolute atomic E-state index is 0.282. The smallest absolute Gasteiger partial charge is 0.320 e. The third-order valence-electron chi connectivity index (χ3n) is 4.15. The van der Waals surface area contributed by atoms with Gasteiger partial charge in [-0.25, -0.2) is 0 Å². The highest BCUT2D eigenvalue weighted by atomic mass is 16.4. The van der Waals surface area contributed by atoms with Crippen LogP contribution in [0.15, 0.2) is 42.5 Å². The molecule has 0 spiro atoms. The summed E-state index contributed by atoms with van der Waals surface area (Å²) in [4.78, 5) is 13.3. The second-order valence-corrected chi connectivity index (χ2v) is 5.46. The molecule has 2 aromatic rings. The molecule has 0 saturated carbocycles. The summed E-state index contributed by atoms with van der Waals surface area (Å²) in [5.74, 6) is -0.680. The van der Waals surface area contributed by atoms with Crippen LogP contribution in [0.5, 0.6) is 0 Å². The Kier molecular flexibility index (Phi) is 3.70. The maximum absolute atomic E-state index is 11.2. The molecule has 20 heavy (non-hydrogen) atoms. The van der Waals surface area contributed by atoms with Gasteiger partial charge in [-0.2, -0.15) is 0 Å². The number of nitrogens with zero attached hydrogens (tertiary/aromatic N) is 1. The van der Waals surface area contributed by atoms with Crippen molar-refractivity contribution in [3.05, 3.63) is 48.0 Å². The van der Waals surface area contributed by atoms with Gasteiger partial charge in [0.2, 0.25) is 0 Å². The van der Waals surface area contributed by atoms with Crippen LogP contribution in [0.3, 0.4) is 0 Å². The van der Waals surface area contributed by atoms with E-state index in [0.29, 0.717) is 0 Å². The number of carboxylic acids is 1. The van der Waals surface area contributed by atoms with E-state index in [2.05, 4.69) is 35.2 Å². The number of hydrogen-bond donors (Lipinski definition) is 1. The number of hydrogen-bond acceptors (Lipinski definition) is 2. The number of likely N-dealkylation sites (tertiary alicyclic amines) is 1. The molecule has 1 saturated heterocycles. The van der Waals surface area contributed by atoms with E-state index in [1.54, 1.807) is 0 Å². The molecular weight excluding hydrogens is 250 g/mol. The fraction of sp³-hybridized carbons (Fsp3) is 0.353. The van der Waals surface area contributed by atoms with Crippen molar-refractivity contribution in [3.63, 3.8) is 0 Å². The first kappa shape index (κ1) is 13.1. The van der Waals surface area contributed by atoms with Crippen molar-refractivity contribution in [3.8, 4) is 0 Å². The molecule has 3 heteroatoms. The summed E-state index contributed by atoms with van der Waals surface area (Å²) in [5.41, 5.74) is 1.28. The normalized spacial score (nSPS) is 19.5. The van der Waals surface area contributed by atoms with Gasteiger partial charge in [0, 0.05) is 6.54 Å². The van der Waals surface area contributed by atoms with E-state index < -0.39 is 5.97 Å². The average molecular weight is 269 g/mol. The number of rotatable bonds is 4. The molecule has 0 aromatic heterocycles. The van der Waals surface area contributed by atoms with Crippen LogP contribution in [0.4, 0.5) is 0 Å². The second-order valence-electron chi connectivity index (χ2n) is 5.46. The van der Waals surface area contributed by atoms with Crippen molar-refractivity contribution in [2.24, 2.45) is 0 Å². The zero-order chi connectivity index (χ0) is 13.9. The van der Waals surface area contributed by atoms with Gasteiger partial charge in [0.25, 0.3) is 0 Å². The highest BCUT2D eigenvalue weighted by Crippen LogP contribution is 2.20. The Morgan fingerprint density at radius 3 is 2.80 bits per heavy atom. The molecular formula is C17H19NO2. The van der Waals surface area contributed by atoms with Crippen LogP contribution in [-0.2, 0) is 11.2 Å². The summed E-state index contributed by atoms with van der Waals surface area (Å²) in [6.45, 7) is 1.74. The Balaban J connectivity index is 1.69. The van der Waals surface area contributed by atoms with Gasteiger partial charge < -0.3 is 5.11 Å². The van der Waals surface area contributed by atoms with Crippen LogP contribution in [-0.4, -0.2) is 35.1 Å². The number of carbonyl (C=O) groups is 1. The molecule has 2 aromatic carbocycles. The van der Waals surface area contributed by atoms with Crippen LogP contribution in [0, 0.1) is 0 Å². The van der Waals surface area contributed by atoms with E-state index in [1.807, 2.05) is 12.1 Å². The molecule has 0 aliphatic carbocycles. The van der Waals surface area contributed by atoms with Crippen LogP contribution >= 0.6 is 0 Å². The lowest BCUT2D eigenvalue weighted by Gasteiger charge is -2.20. The van der Waals surface area contributed by atoms with E-state index in [0.717, 1.165) is 32.4 Å². The van der Waals surface area contributed by atoms with Gasteiger partial charge in [0.1, 0.15) is 6.04 Å². The lowest BCUT2D eigenvalue weighted by molar-refractivity contribution is -0.142. The van der Waals surface area contributed by atoms with Crippen molar-refractivity contribution >= 4 is 16.7 Å². The largest absolute Gasteiger partial charge is 0.480 e. The fourth-order valence-corrected chi connectivity index (χ4v) is 3.04. The topological polar surface area (TPSA) is 40.5 Å². The predicted molar refractivity (Wildman–Crippen MR) is 79.9 cm³/mol. The quantitative estimate of drug-likeness (QED) is 0.927. The van der Waals surface area contributed by atoms with Gasteiger partial charge in [-0.3, -0.25) is 9.69 Å². The summed E-state index contributed by atoms with van der Waals surface area (Å²) in [6, 6.07) is 14.5. The lowest BCUT2D eigenvalue weighted by atomic mass is 10.0. The van der Waals surface area contributed by atoms with Gasteiger partial charge >= 0.3 is 5.97 Å². The Morgan fingerprint density at radius 2 is 2.00 bits per heavy atom. The summed E-state index contributed by atoms with van der Waals surface area (Å²) < 4.78 is 0. The van der Waals surface area contributed by atoms with Crippen molar-refractivity contribution in [1.82, 2.24) is 4.90 Å². The minimum Gasteiger partial charge on any atom is -0.480 e. The van der Waals surface area contributed by atoms with Crippen molar-refractivity contribution in [1.29, 1.82) is 0 Å². The number of fused-ring (bicyclic) bond motifs is 1. The standard InChI is InChI=1S/C17H19NO2/c19-17(20)16-6-3-10-18(16)11-9-13-7-8-14-4-1-2-5-15(14)12-13/h1-2,4-5,7-8,12,16H,3,6,9-11H2,(H,19,20)/t16-/m0/s1. The molecule has 3 nitrogen and oxygen atoms in total. The lowest BCUT2D eigenvalue weighted by Crippen LogP contribution is -2.37. The predicted octanol–water partition coefficient (Wildman–Crippen LogP) is 2.93. The van der Waals surface area contributed by atoms with E-state index in [1.165, 1.54) is 16.3 Å². The molecule has 1 aliphatic rings. The Labute approximate surface area is 118 Å². The monoisotopic (exact) mass is 269 g/mol. The summed E-state index contributed by atoms with van der Waals surface area (Å²) in [7, 11) is 0. The molecule has 1 heterocycles. The summed E-state index contributed by atoms with van der Waals surface area (Å²) in [6.07, 6.45) is 2.69. The first-order valence-corrected chi connectivity index (χ1v) is 7.18. The SMILES string of the molecule is O=C(O)[C@@H]1CCCN1CCc1ccc2ccccc2c1. The van der Waals surface area contributed by atoms with Crippen molar-refractivity contribution < 1.29 is 9.90 Å². The average Bonchev–Trinajstić information content (AvgIpc) is 2.93. The third kappa shape index (κ3) is 2.68. The second kappa shape index (κ2) is 5.63. The van der Waals surface area contributed by atoms with Gasteiger partial charge in [-0.05, 0) is 42.1 Å². The molecule has 3 rings (SSSR count). The number of carboxylic acid groups (broad SMARTS) is 1. The molecule has 104 valence electrons. The zero-order valence-corrected chi connectivity index (χ0v) is 11.5. The summed E-state index contributed by atoms with van der Waals surface area (Å²) in [5, 5.41) is 11.7. The van der Waals surface area contributed by atoms with E-state index in [4.69, 9.17) is 0 Å². The Bertz CT molecular complexity index is 623. The first-order valence-electron chi connectivity index (χ1n) is 7.18. The molecule has 0 bridgehead atoms. The van der Waals surface area contributed by atoms with E-state index in [-0.39, 0.29) is 6.04 Å². The Hall–Kier alpha value is -1.87. The minimum atomic E-state index is -0.680. The van der Waals surface area contributed by atoms with E-state index >= 15 is 0 Å². The molecule has 1 N–H and O–H groups in total. The Morgan fingerprint density at radius 1 is 1.20 bits per heavy atom. The molecule has 0 unspecified atom stereocenters. The maximum Gasteiger partial charge on any atom is 0.320 e. The molecule has 1 fully saturated rings. The van der Waals surface area contributed by atoms with Crippen LogP contribution < -0.4 is 0 Å². The number of aliphatic carboxylic acids is 1. The molecule has 0 amide bonds. The van der Waals surface area contributed by atoms with E-state index in [9.17, 15) is 9.90 Å². The van der Waals surface area contributed by atoms with Crippen LogP contribution in [0.1, 0.15) is 18.4 Å². The maximum atomic E-state index is 11.2. The molecule has 1 aliphatic heterocycles. The van der Waals surface area contributed by atoms with Crippen LogP contribution in [0.25, 0.3) is 10.8 Å². The van der Waals surface area contributed by atoms with Gasteiger partial charge in [-0.1, -0.05) is 42.5 Å². The first-order chi connectivity index (χ1) is 9.74. The van der Waals surface area contributed by atoms with Crippen LogP contribution in [0.2, 0.25) is 0 Å². The van der Waals surface area contributed by atoms with Gasteiger partial charge in [0.15, 0.2) is 0 Å². The summed E-state index contributed by atoms with van der Waals surface area (Å²) >= 11 is 0. The third-order valence-corrected chi connectivity index (χ3v) is 4.15. The van der Waals surface area contributed by atoms with Gasteiger partial charge in [0.05, 0.1) is 0 Å².